The fourth-order valence-corrected chi connectivity index (χ4v) is 4.49. The molecule has 0 amide bonds. The molecule has 0 N–H and O–H groups in total. The first-order valence-corrected chi connectivity index (χ1v) is 8.14. The molecule has 0 aromatic heterocycles. The monoisotopic (exact) mass is 283 g/mol. The van der Waals surface area contributed by atoms with E-state index in [0.29, 0.717) is 0 Å². The summed E-state index contributed by atoms with van der Waals surface area (Å²) in [6, 6.07) is 15.7. The van der Waals surface area contributed by atoms with Gasteiger partial charge in [0.1, 0.15) is 9.73 Å². The van der Waals surface area contributed by atoms with Crippen molar-refractivity contribution in [3.63, 3.8) is 0 Å². The summed E-state index contributed by atoms with van der Waals surface area (Å²) in [6.07, 6.45) is 0. The van der Waals surface area contributed by atoms with Crippen molar-refractivity contribution >= 4 is 21.0 Å². The molecule has 2 aromatic rings. The number of fused-ring (bicyclic) bond motifs is 1. The summed E-state index contributed by atoms with van der Waals surface area (Å²) in [7, 11) is -2.52. The largest absolute Gasteiger partial charge is 0.240 e. The Bertz CT molecular complexity index is 822. The second kappa shape index (κ2) is 4.60. The highest BCUT2D eigenvalue weighted by Gasteiger charge is 2.23. The first-order chi connectivity index (χ1) is 9.52. The molecule has 1 aliphatic heterocycles. The molecule has 1 atom stereocenters. The standard InChI is InChI=1S/C17H17NOS/c1-12-8-10-15(11-9-12)20(19)14(3)13(2)16-6-4-5-7-17(16)18-20/h4-11H,1-3H3. The highest BCUT2D eigenvalue weighted by Crippen LogP contribution is 2.40. The van der Waals surface area contributed by atoms with E-state index in [9.17, 15) is 4.21 Å². The van der Waals surface area contributed by atoms with Crippen LogP contribution in [0.2, 0.25) is 0 Å². The van der Waals surface area contributed by atoms with Gasteiger partial charge in [-0.15, -0.1) is 0 Å². The molecule has 102 valence electrons. The van der Waals surface area contributed by atoms with Gasteiger partial charge in [-0.3, -0.25) is 0 Å². The Morgan fingerprint density at radius 2 is 1.55 bits per heavy atom. The Morgan fingerprint density at radius 3 is 2.25 bits per heavy atom. The molecule has 0 radical (unpaired) electrons. The summed E-state index contributed by atoms with van der Waals surface area (Å²) in [4.78, 5) is 1.65. The topological polar surface area (TPSA) is 29.4 Å². The average molecular weight is 283 g/mol. The van der Waals surface area contributed by atoms with Crippen molar-refractivity contribution in [1.29, 1.82) is 0 Å². The second-order valence-corrected chi connectivity index (χ2v) is 7.45. The van der Waals surface area contributed by atoms with Crippen molar-refractivity contribution in [3.05, 3.63) is 64.6 Å². The number of benzene rings is 2. The minimum absolute atomic E-state index is 0.787. The lowest BCUT2D eigenvalue weighted by Gasteiger charge is -2.21. The molecule has 2 aromatic carbocycles. The van der Waals surface area contributed by atoms with E-state index in [0.717, 1.165) is 32.2 Å². The van der Waals surface area contributed by atoms with Crippen molar-refractivity contribution in [3.8, 4) is 0 Å². The zero-order valence-corrected chi connectivity index (χ0v) is 12.7. The lowest BCUT2D eigenvalue weighted by Crippen LogP contribution is -2.07. The first kappa shape index (κ1) is 13.1. The molecule has 0 aliphatic carbocycles. The van der Waals surface area contributed by atoms with Crippen molar-refractivity contribution in [1.82, 2.24) is 0 Å². The highest BCUT2D eigenvalue weighted by molar-refractivity contribution is 7.97. The van der Waals surface area contributed by atoms with Gasteiger partial charge in [-0.25, -0.2) is 4.21 Å². The van der Waals surface area contributed by atoms with Gasteiger partial charge in [0.25, 0.3) is 0 Å². The Kier molecular flexibility index (Phi) is 3.02. The minimum atomic E-state index is -2.52. The SMILES string of the molecule is CC1=C(C)S(=O)(c2ccc(C)cc2)=Nc2ccccc21. The lowest BCUT2D eigenvalue weighted by atomic mass is 10.1. The molecule has 0 bridgehead atoms. The van der Waals surface area contributed by atoms with E-state index in [1.54, 1.807) is 0 Å². The number of hydrogen-bond donors (Lipinski definition) is 0. The van der Waals surface area contributed by atoms with Crippen LogP contribution in [0.1, 0.15) is 25.0 Å². The van der Waals surface area contributed by atoms with Crippen LogP contribution >= 0.6 is 0 Å². The molecule has 0 spiro atoms. The van der Waals surface area contributed by atoms with E-state index in [2.05, 4.69) is 4.36 Å². The van der Waals surface area contributed by atoms with Crippen LogP contribution < -0.4 is 0 Å². The summed E-state index contributed by atoms with van der Waals surface area (Å²) in [6.45, 7) is 5.98. The quantitative estimate of drug-likeness (QED) is 0.730. The Hall–Kier alpha value is -1.87. The number of hydrogen-bond acceptors (Lipinski definition) is 2. The smallest absolute Gasteiger partial charge is 0.105 e. The van der Waals surface area contributed by atoms with Crippen LogP contribution in [-0.2, 0) is 9.73 Å². The first-order valence-electron chi connectivity index (χ1n) is 6.63. The average Bonchev–Trinajstić information content (AvgIpc) is 2.46. The van der Waals surface area contributed by atoms with Crippen LogP contribution in [-0.4, -0.2) is 4.21 Å². The molecular formula is C17H17NOS. The van der Waals surface area contributed by atoms with E-state index in [1.807, 2.05) is 69.3 Å². The van der Waals surface area contributed by atoms with Gasteiger partial charge in [0.2, 0.25) is 0 Å². The summed E-state index contributed by atoms with van der Waals surface area (Å²) in [5.41, 5.74) is 4.13. The van der Waals surface area contributed by atoms with Crippen LogP contribution in [0.4, 0.5) is 5.69 Å². The van der Waals surface area contributed by atoms with Crippen molar-refractivity contribution in [2.45, 2.75) is 25.7 Å². The maximum atomic E-state index is 13.4. The van der Waals surface area contributed by atoms with Gasteiger partial charge < -0.3 is 0 Å². The van der Waals surface area contributed by atoms with Gasteiger partial charge in [-0.05, 0) is 44.5 Å². The van der Waals surface area contributed by atoms with Crippen molar-refractivity contribution in [2.75, 3.05) is 0 Å². The molecule has 0 fully saturated rings. The lowest BCUT2D eigenvalue weighted by molar-refractivity contribution is 0.680. The van der Waals surface area contributed by atoms with Crippen molar-refractivity contribution < 1.29 is 4.21 Å². The van der Waals surface area contributed by atoms with Crippen LogP contribution in [0, 0.1) is 6.92 Å². The predicted octanol–water partition coefficient (Wildman–Crippen LogP) is 4.92. The van der Waals surface area contributed by atoms with Gasteiger partial charge >= 0.3 is 0 Å². The number of aryl methyl sites for hydroxylation is 1. The minimum Gasteiger partial charge on any atom is -0.240 e. The maximum Gasteiger partial charge on any atom is 0.105 e. The predicted molar refractivity (Wildman–Crippen MR) is 84.4 cm³/mol. The van der Waals surface area contributed by atoms with Gasteiger partial charge in [-0.2, -0.15) is 4.36 Å². The van der Waals surface area contributed by atoms with Crippen LogP contribution in [0.5, 0.6) is 0 Å². The zero-order chi connectivity index (χ0) is 14.3. The summed E-state index contributed by atoms with van der Waals surface area (Å²) >= 11 is 0. The molecular weight excluding hydrogens is 266 g/mol. The van der Waals surface area contributed by atoms with E-state index in [1.165, 1.54) is 0 Å². The van der Waals surface area contributed by atoms with E-state index < -0.39 is 9.73 Å². The van der Waals surface area contributed by atoms with E-state index in [-0.39, 0.29) is 0 Å². The number of nitrogens with zero attached hydrogens (tertiary/aromatic N) is 1. The Labute approximate surface area is 120 Å². The zero-order valence-electron chi connectivity index (χ0n) is 11.9. The molecule has 3 heteroatoms. The van der Waals surface area contributed by atoms with Crippen molar-refractivity contribution in [2.24, 2.45) is 4.36 Å². The van der Waals surface area contributed by atoms with Gasteiger partial charge in [0.05, 0.1) is 10.6 Å². The Balaban J connectivity index is 2.32. The van der Waals surface area contributed by atoms with Gasteiger partial charge in [-0.1, -0.05) is 35.9 Å². The van der Waals surface area contributed by atoms with Crippen LogP contribution in [0.25, 0.3) is 5.57 Å². The fourth-order valence-electron chi connectivity index (χ4n) is 2.43. The molecule has 20 heavy (non-hydrogen) atoms. The molecule has 0 saturated carbocycles. The maximum absolute atomic E-state index is 13.4. The third-order valence-corrected chi connectivity index (χ3v) is 6.32. The Morgan fingerprint density at radius 1 is 0.900 bits per heavy atom. The highest BCUT2D eigenvalue weighted by atomic mass is 32.2. The molecule has 3 rings (SSSR count). The third-order valence-electron chi connectivity index (χ3n) is 3.82. The normalized spacial score (nSPS) is 21.4. The van der Waals surface area contributed by atoms with E-state index in [4.69, 9.17) is 0 Å². The van der Waals surface area contributed by atoms with Gasteiger partial charge in [0.15, 0.2) is 0 Å². The second-order valence-electron chi connectivity index (χ2n) is 5.13. The van der Waals surface area contributed by atoms with Gasteiger partial charge in [0, 0.05) is 10.5 Å². The molecule has 2 nitrogen and oxygen atoms in total. The number of rotatable bonds is 1. The summed E-state index contributed by atoms with van der Waals surface area (Å²) < 4.78 is 18.0. The van der Waals surface area contributed by atoms with E-state index >= 15 is 0 Å². The number of allylic oxidation sites excluding steroid dienone is 2. The summed E-state index contributed by atoms with van der Waals surface area (Å²) in [5.74, 6) is 0. The third kappa shape index (κ3) is 1.90. The van der Waals surface area contributed by atoms with Crippen LogP contribution in [0.3, 0.4) is 0 Å². The van der Waals surface area contributed by atoms with Crippen LogP contribution in [0.15, 0.2) is 62.7 Å². The summed E-state index contributed by atoms with van der Waals surface area (Å²) in [5, 5.41) is 0. The molecule has 1 heterocycles. The molecule has 0 saturated heterocycles. The molecule has 1 aliphatic rings. The fraction of sp³-hybridized carbons (Fsp3) is 0.176. The molecule has 1 unspecified atom stereocenters.